The summed E-state index contributed by atoms with van der Waals surface area (Å²) in [7, 11) is 0. The molecular formula is C16H17BrF2. The van der Waals surface area contributed by atoms with Gasteiger partial charge >= 0.3 is 0 Å². The van der Waals surface area contributed by atoms with Crippen LogP contribution in [-0.2, 0) is 6.42 Å². The molecule has 5 atom stereocenters. The molecule has 3 fully saturated rings. The van der Waals surface area contributed by atoms with Crippen molar-refractivity contribution in [2.75, 3.05) is 0 Å². The summed E-state index contributed by atoms with van der Waals surface area (Å²) in [6.45, 7) is 0. The molecule has 0 radical (unpaired) electrons. The zero-order valence-electron chi connectivity index (χ0n) is 10.7. The summed E-state index contributed by atoms with van der Waals surface area (Å²) in [4.78, 5) is 0.308. The monoisotopic (exact) mass is 326 g/mol. The number of rotatable bonds is 3. The van der Waals surface area contributed by atoms with E-state index in [0.717, 1.165) is 23.7 Å². The zero-order valence-corrected chi connectivity index (χ0v) is 12.2. The number of alkyl halides is 1. The maximum atomic E-state index is 13.7. The fourth-order valence-electron chi connectivity index (χ4n) is 4.93. The van der Waals surface area contributed by atoms with Crippen LogP contribution in [0.5, 0.6) is 0 Å². The molecule has 3 saturated carbocycles. The van der Waals surface area contributed by atoms with Gasteiger partial charge in [0.05, 0.1) is 0 Å². The molecule has 3 heteroatoms. The fraction of sp³-hybridized carbons (Fsp3) is 0.625. The Morgan fingerprint density at radius 3 is 2.53 bits per heavy atom. The lowest BCUT2D eigenvalue weighted by atomic mass is 9.97. The van der Waals surface area contributed by atoms with Gasteiger partial charge in [0.1, 0.15) is 0 Å². The Hall–Kier alpha value is -0.440. The van der Waals surface area contributed by atoms with E-state index in [1.165, 1.54) is 25.3 Å². The Kier molecular flexibility index (Phi) is 2.77. The smallest absolute Gasteiger partial charge is 0.162 e. The van der Waals surface area contributed by atoms with E-state index in [1.54, 1.807) is 12.1 Å². The minimum absolute atomic E-state index is 0.308. The van der Waals surface area contributed by atoms with Crippen LogP contribution >= 0.6 is 15.9 Å². The molecule has 0 amide bonds. The Morgan fingerprint density at radius 2 is 1.84 bits per heavy atom. The van der Waals surface area contributed by atoms with Crippen molar-refractivity contribution in [2.24, 2.45) is 29.6 Å². The van der Waals surface area contributed by atoms with E-state index in [4.69, 9.17) is 0 Å². The van der Waals surface area contributed by atoms with E-state index >= 15 is 0 Å². The highest BCUT2D eigenvalue weighted by Crippen LogP contribution is 2.71. The van der Waals surface area contributed by atoms with E-state index in [1.807, 2.05) is 0 Å². The molecule has 4 rings (SSSR count). The molecule has 0 aliphatic heterocycles. The molecule has 1 aromatic carbocycles. The highest BCUT2D eigenvalue weighted by molar-refractivity contribution is 9.09. The van der Waals surface area contributed by atoms with Crippen molar-refractivity contribution in [3.05, 3.63) is 35.4 Å². The summed E-state index contributed by atoms with van der Waals surface area (Å²) < 4.78 is 26.9. The van der Waals surface area contributed by atoms with E-state index in [9.17, 15) is 8.78 Å². The normalized spacial score (nSPS) is 40.3. The lowest BCUT2D eigenvalue weighted by Gasteiger charge is -2.15. The van der Waals surface area contributed by atoms with Crippen molar-refractivity contribution in [2.45, 2.75) is 30.5 Å². The molecule has 0 aromatic heterocycles. The summed E-state index contributed by atoms with van der Waals surface area (Å²) >= 11 is 3.75. The predicted octanol–water partition coefficient (Wildman–Crippen LogP) is 4.56. The third-order valence-corrected chi connectivity index (χ3v) is 6.59. The summed E-state index contributed by atoms with van der Waals surface area (Å²) in [6, 6.07) is 4.50. The summed E-state index contributed by atoms with van der Waals surface area (Å²) in [6.07, 6.45) is 4.84. The maximum Gasteiger partial charge on any atom is 0.162 e. The molecule has 3 aliphatic carbocycles. The van der Waals surface area contributed by atoms with Crippen LogP contribution < -0.4 is 0 Å². The zero-order chi connectivity index (χ0) is 13.1. The first-order valence-electron chi connectivity index (χ1n) is 7.23. The van der Waals surface area contributed by atoms with Crippen LogP contribution in [-0.4, -0.2) is 4.83 Å². The average molecular weight is 327 g/mol. The Bertz CT molecular complexity index is 499. The van der Waals surface area contributed by atoms with Crippen molar-refractivity contribution < 1.29 is 8.78 Å². The first-order chi connectivity index (χ1) is 9.16. The van der Waals surface area contributed by atoms with Crippen LogP contribution in [0.2, 0.25) is 0 Å². The van der Waals surface area contributed by atoms with Crippen molar-refractivity contribution in [1.29, 1.82) is 0 Å². The molecule has 102 valence electrons. The summed E-state index contributed by atoms with van der Waals surface area (Å²) in [5.41, 5.74) is 0.513. The van der Waals surface area contributed by atoms with Crippen LogP contribution in [0.3, 0.4) is 0 Å². The lowest BCUT2D eigenvalue weighted by molar-refractivity contribution is 0.449. The van der Waals surface area contributed by atoms with Crippen LogP contribution in [0.15, 0.2) is 18.2 Å². The number of fused-ring (bicyclic) bond motifs is 5. The van der Waals surface area contributed by atoms with E-state index < -0.39 is 11.6 Å². The van der Waals surface area contributed by atoms with Gasteiger partial charge in [-0.25, -0.2) is 8.78 Å². The second-order valence-corrected chi connectivity index (χ2v) is 7.67. The molecule has 0 saturated heterocycles. The number of hydrogen-bond acceptors (Lipinski definition) is 0. The van der Waals surface area contributed by atoms with Crippen LogP contribution in [0.25, 0.3) is 0 Å². The largest absolute Gasteiger partial charge is 0.204 e. The molecular weight excluding hydrogens is 310 g/mol. The SMILES string of the molecule is Fc1cccc(CC(Br)C2C3C4CCC(C4)C23)c1F. The minimum Gasteiger partial charge on any atom is -0.204 e. The molecule has 0 spiro atoms. The fourth-order valence-corrected chi connectivity index (χ4v) is 5.98. The Labute approximate surface area is 120 Å². The molecule has 0 N–H and O–H groups in total. The standard InChI is InChI=1S/C16H17BrF2/c17-11(7-10-2-1-3-12(18)16(10)19)15-13-8-4-5-9(6-8)14(13)15/h1-3,8-9,11,13-15H,4-7H2. The molecule has 2 bridgehead atoms. The molecule has 3 aliphatic rings. The highest BCUT2D eigenvalue weighted by atomic mass is 79.9. The number of benzene rings is 1. The molecule has 5 unspecified atom stereocenters. The van der Waals surface area contributed by atoms with Gasteiger partial charge < -0.3 is 0 Å². The molecule has 0 nitrogen and oxygen atoms in total. The van der Waals surface area contributed by atoms with E-state index in [-0.39, 0.29) is 0 Å². The molecule has 1 aromatic rings. The summed E-state index contributed by atoms with van der Waals surface area (Å²) in [5, 5.41) is 0. The topological polar surface area (TPSA) is 0 Å². The van der Waals surface area contributed by atoms with Crippen LogP contribution in [0.4, 0.5) is 8.78 Å². The molecule has 19 heavy (non-hydrogen) atoms. The number of hydrogen-bond donors (Lipinski definition) is 0. The highest BCUT2D eigenvalue weighted by Gasteiger charge is 2.66. The van der Waals surface area contributed by atoms with Crippen LogP contribution in [0, 0.1) is 41.2 Å². The van der Waals surface area contributed by atoms with Gasteiger partial charge in [0.25, 0.3) is 0 Å². The van der Waals surface area contributed by atoms with E-state index in [2.05, 4.69) is 15.9 Å². The minimum atomic E-state index is -0.728. The average Bonchev–Trinajstić information content (AvgIpc) is 2.84. The first-order valence-corrected chi connectivity index (χ1v) is 8.15. The predicted molar refractivity (Wildman–Crippen MR) is 74.1 cm³/mol. The van der Waals surface area contributed by atoms with Gasteiger partial charge in [-0.15, -0.1) is 0 Å². The number of halogens is 3. The lowest BCUT2D eigenvalue weighted by Crippen LogP contribution is -2.13. The first kappa shape index (κ1) is 12.3. The van der Waals surface area contributed by atoms with Crippen molar-refractivity contribution in [3.63, 3.8) is 0 Å². The third kappa shape index (κ3) is 1.80. The maximum absolute atomic E-state index is 13.7. The third-order valence-electron chi connectivity index (χ3n) is 5.66. The van der Waals surface area contributed by atoms with Gasteiger partial charge in [0.15, 0.2) is 11.6 Å². The van der Waals surface area contributed by atoms with Crippen LogP contribution in [0.1, 0.15) is 24.8 Å². The second-order valence-electron chi connectivity index (χ2n) is 6.50. The van der Waals surface area contributed by atoms with Crippen molar-refractivity contribution in [1.82, 2.24) is 0 Å². The van der Waals surface area contributed by atoms with Crippen molar-refractivity contribution in [3.8, 4) is 0 Å². The van der Waals surface area contributed by atoms with Gasteiger partial charge in [-0.2, -0.15) is 0 Å². The van der Waals surface area contributed by atoms with Crippen molar-refractivity contribution >= 4 is 15.9 Å². The Morgan fingerprint density at radius 1 is 1.16 bits per heavy atom. The van der Waals surface area contributed by atoms with Gasteiger partial charge in [-0.3, -0.25) is 0 Å². The molecule has 0 heterocycles. The van der Waals surface area contributed by atoms with Gasteiger partial charge in [0, 0.05) is 4.83 Å². The van der Waals surface area contributed by atoms with E-state index in [0.29, 0.717) is 22.7 Å². The summed E-state index contributed by atoms with van der Waals surface area (Å²) in [5.74, 6) is 2.91. The quantitative estimate of drug-likeness (QED) is 0.714. The van der Waals surface area contributed by atoms with Gasteiger partial charge in [0.2, 0.25) is 0 Å². The Balaban J connectivity index is 1.48. The second kappa shape index (κ2) is 4.28. The van der Waals surface area contributed by atoms with Gasteiger partial charge in [-0.05, 0) is 66.9 Å². The van der Waals surface area contributed by atoms with Gasteiger partial charge in [-0.1, -0.05) is 28.1 Å².